The van der Waals surface area contributed by atoms with Crippen LogP contribution in [0.3, 0.4) is 0 Å². The number of benzene rings is 2. The van der Waals surface area contributed by atoms with Crippen molar-refractivity contribution in [2.24, 2.45) is 5.41 Å². The Morgan fingerprint density at radius 1 is 0.962 bits per heavy atom. The third-order valence-electron chi connectivity index (χ3n) is 3.87. The molecule has 0 aromatic heterocycles. The summed E-state index contributed by atoms with van der Waals surface area (Å²) in [5.41, 5.74) is 0.693. The fraction of sp³-hybridized carbons (Fsp3) is 0.300. The summed E-state index contributed by atoms with van der Waals surface area (Å²) in [6, 6.07) is 14.2. The van der Waals surface area contributed by atoms with Crippen LogP contribution in [0.2, 0.25) is 0 Å². The van der Waals surface area contributed by atoms with E-state index in [0.717, 1.165) is 0 Å². The minimum atomic E-state index is -0.738. The Labute approximate surface area is 152 Å². The highest BCUT2D eigenvalue weighted by molar-refractivity contribution is 5.97. The number of ether oxygens (including phenoxy) is 2. The van der Waals surface area contributed by atoms with Gasteiger partial charge in [0, 0.05) is 16.8 Å². The molecule has 3 rings (SSSR count). The third-order valence-corrected chi connectivity index (χ3v) is 3.87. The summed E-state index contributed by atoms with van der Waals surface area (Å²) in [5.74, 6) is 0.772. The van der Waals surface area contributed by atoms with Crippen molar-refractivity contribution in [2.45, 2.75) is 26.9 Å². The Hall–Kier alpha value is -3.02. The van der Waals surface area contributed by atoms with Gasteiger partial charge in [-0.2, -0.15) is 0 Å². The second-order valence-electron chi connectivity index (χ2n) is 7.14. The molecule has 2 N–H and O–H groups in total. The zero-order valence-corrected chi connectivity index (χ0v) is 15.0. The van der Waals surface area contributed by atoms with Crippen LogP contribution in [0.25, 0.3) is 0 Å². The Morgan fingerprint density at radius 2 is 1.62 bits per heavy atom. The van der Waals surface area contributed by atoms with Crippen LogP contribution in [0, 0.1) is 5.41 Å². The normalized spacial score (nSPS) is 15.9. The molecule has 2 aromatic rings. The number of para-hydroxylation sites is 2. The van der Waals surface area contributed by atoms with E-state index in [1.54, 1.807) is 36.4 Å². The molecule has 1 aliphatic heterocycles. The van der Waals surface area contributed by atoms with Crippen LogP contribution >= 0.6 is 0 Å². The molecule has 0 fully saturated rings. The predicted molar refractivity (Wildman–Crippen MR) is 99.5 cm³/mol. The predicted octanol–water partition coefficient (Wildman–Crippen LogP) is 3.45. The van der Waals surface area contributed by atoms with Crippen LogP contribution in [0.5, 0.6) is 11.5 Å². The van der Waals surface area contributed by atoms with Gasteiger partial charge in [0.1, 0.15) is 6.61 Å². The van der Waals surface area contributed by atoms with Crippen molar-refractivity contribution in [1.82, 2.24) is 0 Å². The Balaban J connectivity index is 1.65. The third kappa shape index (κ3) is 4.14. The highest BCUT2D eigenvalue weighted by Crippen LogP contribution is 2.31. The van der Waals surface area contributed by atoms with Crippen LogP contribution < -0.4 is 20.1 Å². The van der Waals surface area contributed by atoms with Gasteiger partial charge in [-0.05, 0) is 30.3 Å². The number of carbonyl (C=O) groups excluding carboxylic acids is 2. The average Bonchev–Trinajstić information content (AvgIpc) is 2.60. The second kappa shape index (κ2) is 7.07. The van der Waals surface area contributed by atoms with Crippen LogP contribution in [0.4, 0.5) is 11.4 Å². The van der Waals surface area contributed by atoms with Crippen molar-refractivity contribution < 1.29 is 19.1 Å². The molecule has 6 heteroatoms. The van der Waals surface area contributed by atoms with E-state index < -0.39 is 11.5 Å². The monoisotopic (exact) mass is 354 g/mol. The van der Waals surface area contributed by atoms with Crippen molar-refractivity contribution in [3.05, 3.63) is 48.5 Å². The molecule has 0 saturated heterocycles. The highest BCUT2D eigenvalue weighted by Gasteiger charge is 2.27. The van der Waals surface area contributed by atoms with E-state index in [9.17, 15) is 9.59 Å². The first-order valence-corrected chi connectivity index (χ1v) is 8.44. The second-order valence-corrected chi connectivity index (χ2v) is 7.14. The lowest BCUT2D eigenvalue weighted by atomic mass is 9.95. The first-order valence-electron chi connectivity index (χ1n) is 8.44. The largest absolute Gasteiger partial charge is 0.485 e. The van der Waals surface area contributed by atoms with Gasteiger partial charge in [-0.15, -0.1) is 0 Å². The van der Waals surface area contributed by atoms with Gasteiger partial charge in [0.2, 0.25) is 12.0 Å². The van der Waals surface area contributed by atoms with Crippen molar-refractivity contribution in [3.63, 3.8) is 0 Å². The van der Waals surface area contributed by atoms with Gasteiger partial charge in [0.25, 0.3) is 5.91 Å². The summed E-state index contributed by atoms with van der Waals surface area (Å²) in [6.45, 7) is 5.66. The average molecular weight is 354 g/mol. The molecule has 1 unspecified atom stereocenters. The Morgan fingerprint density at radius 3 is 2.31 bits per heavy atom. The maximum Gasteiger partial charge on any atom is 0.269 e. The first-order chi connectivity index (χ1) is 12.3. The fourth-order valence-electron chi connectivity index (χ4n) is 2.36. The topological polar surface area (TPSA) is 76.7 Å². The molecule has 1 heterocycles. The van der Waals surface area contributed by atoms with Gasteiger partial charge in [-0.25, -0.2) is 0 Å². The minimum Gasteiger partial charge on any atom is -0.485 e. The van der Waals surface area contributed by atoms with Crippen LogP contribution in [0.15, 0.2) is 48.5 Å². The number of fused-ring (bicyclic) bond motifs is 1. The summed E-state index contributed by atoms with van der Waals surface area (Å²) in [6.07, 6.45) is -0.738. The number of nitrogens with one attached hydrogen (secondary N) is 2. The number of rotatable bonds is 3. The molecule has 0 radical (unpaired) electrons. The van der Waals surface area contributed by atoms with E-state index in [0.29, 0.717) is 22.9 Å². The van der Waals surface area contributed by atoms with Crippen molar-refractivity contribution in [2.75, 3.05) is 17.2 Å². The Kier molecular flexibility index (Phi) is 4.84. The van der Waals surface area contributed by atoms with Gasteiger partial charge in [0.15, 0.2) is 11.5 Å². The highest BCUT2D eigenvalue weighted by atomic mass is 16.6. The van der Waals surface area contributed by atoms with E-state index in [2.05, 4.69) is 10.6 Å². The first kappa shape index (κ1) is 17.8. The molecule has 0 bridgehead atoms. The molecule has 0 spiro atoms. The smallest absolute Gasteiger partial charge is 0.269 e. The van der Waals surface area contributed by atoms with Crippen LogP contribution in [-0.2, 0) is 9.59 Å². The lowest BCUT2D eigenvalue weighted by molar-refractivity contribution is -0.125. The number of hydrogen-bond donors (Lipinski definition) is 2. The molecule has 1 atom stereocenters. The van der Waals surface area contributed by atoms with Gasteiger partial charge >= 0.3 is 0 Å². The van der Waals surface area contributed by atoms with E-state index in [1.165, 1.54) is 0 Å². The van der Waals surface area contributed by atoms with Gasteiger partial charge < -0.3 is 20.1 Å². The van der Waals surface area contributed by atoms with E-state index >= 15 is 0 Å². The summed E-state index contributed by atoms with van der Waals surface area (Å²) in [5, 5.41) is 5.64. The quantitative estimate of drug-likeness (QED) is 0.885. The fourth-order valence-corrected chi connectivity index (χ4v) is 2.36. The minimum absolute atomic E-state index is 0.0957. The lowest BCUT2D eigenvalue weighted by Crippen LogP contribution is -2.40. The number of carbonyl (C=O) groups is 2. The summed E-state index contributed by atoms with van der Waals surface area (Å²) in [7, 11) is 0. The number of hydrogen-bond acceptors (Lipinski definition) is 4. The molecule has 2 amide bonds. The zero-order valence-electron chi connectivity index (χ0n) is 15.0. The molecule has 0 saturated carbocycles. The lowest BCUT2D eigenvalue weighted by Gasteiger charge is -2.25. The maximum absolute atomic E-state index is 12.5. The molecule has 1 aliphatic rings. The Bertz CT molecular complexity index is 827. The SMILES string of the molecule is CC(C)(C)C(=O)Nc1cccc(NC(=O)C2COc3ccccc3O2)c1. The summed E-state index contributed by atoms with van der Waals surface area (Å²) >= 11 is 0. The van der Waals surface area contributed by atoms with Gasteiger partial charge in [-0.1, -0.05) is 39.0 Å². The molecule has 136 valence electrons. The van der Waals surface area contributed by atoms with Crippen molar-refractivity contribution >= 4 is 23.2 Å². The van der Waals surface area contributed by atoms with Crippen LogP contribution in [0.1, 0.15) is 20.8 Å². The molecular formula is C20H22N2O4. The van der Waals surface area contributed by atoms with Crippen molar-refractivity contribution in [3.8, 4) is 11.5 Å². The van der Waals surface area contributed by atoms with E-state index in [4.69, 9.17) is 9.47 Å². The molecule has 6 nitrogen and oxygen atoms in total. The molecular weight excluding hydrogens is 332 g/mol. The summed E-state index contributed by atoms with van der Waals surface area (Å²) in [4.78, 5) is 24.6. The number of anilines is 2. The summed E-state index contributed by atoms with van der Waals surface area (Å²) < 4.78 is 11.3. The molecule has 2 aromatic carbocycles. The van der Waals surface area contributed by atoms with Crippen LogP contribution in [-0.4, -0.2) is 24.5 Å². The zero-order chi connectivity index (χ0) is 18.7. The number of amides is 2. The maximum atomic E-state index is 12.5. The van der Waals surface area contributed by atoms with E-state index in [-0.39, 0.29) is 18.4 Å². The van der Waals surface area contributed by atoms with Gasteiger partial charge in [-0.3, -0.25) is 9.59 Å². The van der Waals surface area contributed by atoms with Gasteiger partial charge in [0.05, 0.1) is 0 Å². The standard InChI is InChI=1S/C20H22N2O4/c1-20(2,3)19(24)22-14-8-6-7-13(11-14)21-18(23)17-12-25-15-9-4-5-10-16(15)26-17/h4-11,17H,12H2,1-3H3,(H,21,23)(H,22,24). The molecule has 0 aliphatic carbocycles. The molecule has 26 heavy (non-hydrogen) atoms. The van der Waals surface area contributed by atoms with Crippen molar-refractivity contribution in [1.29, 1.82) is 0 Å². The van der Waals surface area contributed by atoms with E-state index in [1.807, 2.05) is 32.9 Å².